The van der Waals surface area contributed by atoms with E-state index in [1.165, 1.54) is 37.7 Å². The van der Waals surface area contributed by atoms with Gasteiger partial charge in [0.05, 0.1) is 12.2 Å². The number of fused-ring (bicyclic) bond motifs is 5. The van der Waals surface area contributed by atoms with E-state index in [-0.39, 0.29) is 0 Å². The number of aromatic nitrogens is 1. The fraction of sp³-hybridized carbons (Fsp3) is 0.455. The van der Waals surface area contributed by atoms with Crippen molar-refractivity contribution in [3.8, 4) is 17.0 Å². The van der Waals surface area contributed by atoms with Crippen LogP contribution in [-0.2, 0) is 6.61 Å². The Balaban J connectivity index is 0.000000189. The largest absolute Gasteiger partial charge is 0.472 e. The van der Waals surface area contributed by atoms with Gasteiger partial charge in [-0.3, -0.25) is 0 Å². The van der Waals surface area contributed by atoms with Crippen LogP contribution in [0.3, 0.4) is 0 Å². The van der Waals surface area contributed by atoms with Crippen LogP contribution in [0.4, 0.5) is 11.5 Å². The molecule has 29 heavy (non-hydrogen) atoms. The first kappa shape index (κ1) is 18.4. The average Bonchev–Trinajstić information content (AvgIpc) is 3.43. The minimum absolute atomic E-state index is 0.522. The van der Waals surface area contributed by atoms with Crippen molar-refractivity contribution in [2.75, 3.05) is 24.0 Å². The van der Waals surface area contributed by atoms with Gasteiger partial charge in [-0.15, -0.1) is 0 Å². The summed E-state index contributed by atoms with van der Waals surface area (Å²) in [6, 6.07) is 12.1. The van der Waals surface area contributed by atoms with Crippen molar-refractivity contribution in [3.05, 3.63) is 35.9 Å². The number of hydrogen-bond donors (Lipinski definition) is 3. The molecule has 0 radical (unpaired) electrons. The predicted molar refractivity (Wildman–Crippen MR) is 116 cm³/mol. The molecule has 1 aromatic carbocycles. The van der Waals surface area contributed by atoms with E-state index in [0.29, 0.717) is 12.5 Å². The van der Waals surface area contributed by atoms with E-state index in [9.17, 15) is 0 Å². The van der Waals surface area contributed by atoms with Crippen LogP contribution >= 0.6 is 0 Å². The Kier molecular flexibility index (Phi) is 5.08. The molecular weight excluding hydrogens is 364 g/mol. The monoisotopic (exact) mass is 392 g/mol. The third-order valence-electron chi connectivity index (χ3n) is 6.07. The topological polar surface area (TPSA) is 73.8 Å². The van der Waals surface area contributed by atoms with Crippen molar-refractivity contribution in [1.29, 1.82) is 0 Å². The molecular formula is C22H28N6O. The van der Waals surface area contributed by atoms with Crippen LogP contribution in [0.15, 0.2) is 35.4 Å². The number of hydrogen-bond acceptors (Lipinski definition) is 7. The minimum Gasteiger partial charge on any atom is -0.472 e. The maximum absolute atomic E-state index is 5.78. The number of piperidine rings is 1. The van der Waals surface area contributed by atoms with E-state index in [1.807, 2.05) is 25.4 Å². The molecule has 2 aromatic rings. The molecule has 0 amide bonds. The SMILES string of the molecule is C1CC2CCC(C1)N2.CNc1ccc2c(n1)OCc1cc(N3N=CCN3)ccc1-2. The lowest BCUT2D eigenvalue weighted by molar-refractivity contribution is 0.290. The van der Waals surface area contributed by atoms with E-state index >= 15 is 0 Å². The normalized spacial score (nSPS) is 23.6. The maximum Gasteiger partial charge on any atom is 0.223 e. The molecule has 0 spiro atoms. The second kappa shape index (κ2) is 8.00. The summed E-state index contributed by atoms with van der Waals surface area (Å²) >= 11 is 0. The smallest absolute Gasteiger partial charge is 0.223 e. The van der Waals surface area contributed by atoms with Crippen LogP contribution in [0, 0.1) is 0 Å². The van der Waals surface area contributed by atoms with Crippen molar-refractivity contribution < 1.29 is 4.74 Å². The van der Waals surface area contributed by atoms with E-state index in [2.05, 4.69) is 44.3 Å². The fourth-order valence-electron chi connectivity index (χ4n) is 4.55. The summed E-state index contributed by atoms with van der Waals surface area (Å²) in [5.74, 6) is 1.49. The number of anilines is 2. The van der Waals surface area contributed by atoms with Gasteiger partial charge in [0.1, 0.15) is 12.4 Å². The minimum atomic E-state index is 0.522. The Morgan fingerprint density at radius 3 is 2.62 bits per heavy atom. The third kappa shape index (κ3) is 3.80. The Morgan fingerprint density at radius 1 is 1.07 bits per heavy atom. The zero-order valence-corrected chi connectivity index (χ0v) is 16.8. The van der Waals surface area contributed by atoms with Crippen LogP contribution in [0.2, 0.25) is 0 Å². The van der Waals surface area contributed by atoms with Gasteiger partial charge in [0.25, 0.3) is 0 Å². The molecule has 152 valence electrons. The number of hydrazine groups is 1. The van der Waals surface area contributed by atoms with E-state index in [1.54, 1.807) is 5.12 Å². The molecule has 4 aliphatic heterocycles. The highest BCUT2D eigenvalue weighted by Gasteiger charge is 2.26. The highest BCUT2D eigenvalue weighted by molar-refractivity contribution is 5.77. The number of nitrogens with one attached hydrogen (secondary N) is 3. The summed E-state index contributed by atoms with van der Waals surface area (Å²) < 4.78 is 5.78. The van der Waals surface area contributed by atoms with Crippen molar-refractivity contribution in [3.63, 3.8) is 0 Å². The van der Waals surface area contributed by atoms with Crippen LogP contribution in [0.5, 0.6) is 5.88 Å². The lowest BCUT2D eigenvalue weighted by Crippen LogP contribution is -2.33. The predicted octanol–water partition coefficient (Wildman–Crippen LogP) is 3.28. The summed E-state index contributed by atoms with van der Waals surface area (Å²) in [6.45, 7) is 1.28. The van der Waals surface area contributed by atoms with Crippen molar-refractivity contribution in [2.45, 2.75) is 50.8 Å². The summed E-state index contributed by atoms with van der Waals surface area (Å²) in [6.07, 6.45) is 9.10. The first-order valence-electron chi connectivity index (χ1n) is 10.6. The fourth-order valence-corrected chi connectivity index (χ4v) is 4.55. The number of nitrogens with zero attached hydrogens (tertiary/aromatic N) is 3. The highest BCUT2D eigenvalue weighted by atomic mass is 16.5. The van der Waals surface area contributed by atoms with Crippen molar-refractivity contribution >= 4 is 17.7 Å². The molecule has 4 aliphatic rings. The molecule has 7 heteroatoms. The third-order valence-corrected chi connectivity index (χ3v) is 6.07. The molecule has 3 N–H and O–H groups in total. The highest BCUT2D eigenvalue weighted by Crippen LogP contribution is 2.38. The molecule has 2 bridgehead atoms. The van der Waals surface area contributed by atoms with Gasteiger partial charge in [-0.05, 0) is 61.1 Å². The number of pyridine rings is 1. The summed E-state index contributed by atoms with van der Waals surface area (Å²) in [5, 5.41) is 12.6. The molecule has 2 unspecified atom stereocenters. The van der Waals surface area contributed by atoms with E-state index in [0.717, 1.165) is 41.3 Å². The molecule has 2 fully saturated rings. The van der Waals surface area contributed by atoms with E-state index in [4.69, 9.17) is 4.74 Å². The maximum atomic E-state index is 5.78. The molecule has 0 saturated carbocycles. The van der Waals surface area contributed by atoms with Crippen molar-refractivity contribution in [2.24, 2.45) is 5.10 Å². The van der Waals surface area contributed by atoms with Crippen LogP contribution in [0.1, 0.15) is 37.7 Å². The lowest BCUT2D eigenvalue weighted by atomic mass is 9.98. The molecule has 6 rings (SSSR count). The number of rotatable bonds is 2. The summed E-state index contributed by atoms with van der Waals surface area (Å²) in [4.78, 5) is 4.45. The van der Waals surface area contributed by atoms with Gasteiger partial charge in [0.15, 0.2) is 0 Å². The first-order valence-corrected chi connectivity index (χ1v) is 10.6. The van der Waals surface area contributed by atoms with Gasteiger partial charge in [0.2, 0.25) is 5.88 Å². The second-order valence-electron chi connectivity index (χ2n) is 7.97. The molecule has 2 saturated heterocycles. The zero-order valence-electron chi connectivity index (χ0n) is 16.8. The molecule has 1 aromatic heterocycles. The molecule has 0 aliphatic carbocycles. The molecule has 2 atom stereocenters. The Hall–Kier alpha value is -2.64. The van der Waals surface area contributed by atoms with E-state index < -0.39 is 0 Å². The number of ether oxygens (including phenoxy) is 1. The first-order chi connectivity index (χ1) is 14.3. The van der Waals surface area contributed by atoms with Crippen LogP contribution in [0.25, 0.3) is 11.1 Å². The van der Waals surface area contributed by atoms with Crippen LogP contribution in [-0.4, -0.2) is 36.9 Å². The number of hydrazone groups is 1. The number of benzene rings is 1. The zero-order chi connectivity index (χ0) is 19.6. The van der Waals surface area contributed by atoms with Gasteiger partial charge < -0.3 is 15.4 Å². The Labute approximate surface area is 171 Å². The summed E-state index contributed by atoms with van der Waals surface area (Å²) in [5.41, 5.74) is 7.51. The average molecular weight is 393 g/mol. The van der Waals surface area contributed by atoms with Gasteiger partial charge in [-0.2, -0.15) is 15.2 Å². The van der Waals surface area contributed by atoms with Gasteiger partial charge in [0, 0.05) is 30.9 Å². The quantitative estimate of drug-likeness (QED) is 0.728. The van der Waals surface area contributed by atoms with Gasteiger partial charge in [-0.1, -0.05) is 12.5 Å². The van der Waals surface area contributed by atoms with Gasteiger partial charge in [-0.25, -0.2) is 5.43 Å². The molecule has 5 heterocycles. The Bertz CT molecular complexity index is 900. The standard InChI is InChI=1S/C15H15N5O.C7H13N/c1-16-14-5-4-13-12-3-2-11(20-17-6-7-18-20)8-10(12)9-21-15(13)19-14;1-2-6-4-5-7(3-1)8-6/h2-6,8,18H,7,9H2,1H3,(H,16,19);6-8H,1-5H2. The summed E-state index contributed by atoms with van der Waals surface area (Å²) in [7, 11) is 1.85. The van der Waals surface area contributed by atoms with Gasteiger partial charge >= 0.3 is 0 Å². The molecule has 7 nitrogen and oxygen atoms in total. The Morgan fingerprint density at radius 2 is 1.90 bits per heavy atom. The second-order valence-corrected chi connectivity index (χ2v) is 7.97. The van der Waals surface area contributed by atoms with Crippen molar-refractivity contribution in [1.82, 2.24) is 15.7 Å². The van der Waals surface area contributed by atoms with Crippen LogP contribution < -0.4 is 25.9 Å². The lowest BCUT2D eigenvalue weighted by Gasteiger charge is -2.22.